The number of hydrogen-bond acceptors (Lipinski definition) is 7. The van der Waals surface area contributed by atoms with E-state index in [1.165, 1.54) is 30.8 Å². The number of hydrogen-bond donors (Lipinski definition) is 3. The molecule has 6 rings (SSSR count). The second kappa shape index (κ2) is 7.77. The molecule has 32 heavy (non-hydrogen) atoms. The van der Waals surface area contributed by atoms with Crippen molar-refractivity contribution in [2.24, 2.45) is 0 Å². The van der Waals surface area contributed by atoms with Crippen molar-refractivity contribution in [2.45, 2.75) is 37.6 Å². The molecule has 10 heteroatoms. The zero-order chi connectivity index (χ0) is 21.5. The SMILES string of the molecule is Fc1ccc(NC[C@H]2CCCN2c2nc(Nc3cc(C4CC4)[nH]n3)c3cccn3n2)cn1. The molecular weight excluding hydrogens is 409 g/mol. The van der Waals surface area contributed by atoms with E-state index in [0.717, 1.165) is 42.2 Å². The predicted octanol–water partition coefficient (Wildman–Crippen LogP) is 3.69. The van der Waals surface area contributed by atoms with Gasteiger partial charge in [-0.15, -0.1) is 5.10 Å². The van der Waals surface area contributed by atoms with Crippen LogP contribution in [0.4, 0.5) is 27.7 Å². The van der Waals surface area contributed by atoms with Gasteiger partial charge in [0.25, 0.3) is 0 Å². The van der Waals surface area contributed by atoms with Crippen molar-refractivity contribution < 1.29 is 4.39 Å². The van der Waals surface area contributed by atoms with Crippen molar-refractivity contribution >= 4 is 28.8 Å². The summed E-state index contributed by atoms with van der Waals surface area (Å²) in [6, 6.07) is 9.31. The highest BCUT2D eigenvalue weighted by molar-refractivity contribution is 5.73. The van der Waals surface area contributed by atoms with Crippen LogP contribution in [0, 0.1) is 5.95 Å². The third kappa shape index (κ3) is 3.72. The Bertz CT molecular complexity index is 1230. The number of anilines is 4. The lowest BCUT2D eigenvalue weighted by atomic mass is 10.2. The van der Waals surface area contributed by atoms with Crippen LogP contribution in [0.1, 0.15) is 37.3 Å². The summed E-state index contributed by atoms with van der Waals surface area (Å²) in [6.45, 7) is 1.59. The molecule has 1 saturated carbocycles. The van der Waals surface area contributed by atoms with Crippen LogP contribution in [0.15, 0.2) is 42.7 Å². The molecule has 4 aromatic heterocycles. The van der Waals surface area contributed by atoms with Crippen LogP contribution in [0.25, 0.3) is 5.52 Å². The van der Waals surface area contributed by atoms with E-state index < -0.39 is 5.95 Å². The summed E-state index contributed by atoms with van der Waals surface area (Å²) in [5.41, 5.74) is 2.87. The Kier molecular flexibility index (Phi) is 4.62. The minimum Gasteiger partial charge on any atom is -0.382 e. The van der Waals surface area contributed by atoms with Crippen molar-refractivity contribution in [3.63, 3.8) is 0 Å². The molecule has 1 atom stereocenters. The average molecular weight is 433 g/mol. The second-order valence-electron chi connectivity index (χ2n) is 8.45. The van der Waals surface area contributed by atoms with Crippen LogP contribution in [-0.2, 0) is 0 Å². The lowest BCUT2D eigenvalue weighted by molar-refractivity contribution is 0.584. The van der Waals surface area contributed by atoms with E-state index in [-0.39, 0.29) is 6.04 Å². The minimum absolute atomic E-state index is 0.229. The van der Waals surface area contributed by atoms with E-state index in [4.69, 9.17) is 10.1 Å². The smallest absolute Gasteiger partial charge is 0.245 e. The summed E-state index contributed by atoms with van der Waals surface area (Å²) in [4.78, 5) is 10.8. The number of aromatic amines is 1. The van der Waals surface area contributed by atoms with Gasteiger partial charge in [0.05, 0.1) is 11.9 Å². The van der Waals surface area contributed by atoms with E-state index in [1.807, 2.05) is 22.8 Å². The zero-order valence-corrected chi connectivity index (χ0v) is 17.5. The quantitative estimate of drug-likeness (QED) is 0.382. The number of fused-ring (bicyclic) bond motifs is 1. The van der Waals surface area contributed by atoms with Crippen molar-refractivity contribution in [3.05, 3.63) is 54.4 Å². The van der Waals surface area contributed by atoms with Gasteiger partial charge in [0.2, 0.25) is 11.9 Å². The Labute approximate surface area is 184 Å². The maximum atomic E-state index is 13.1. The molecule has 0 spiro atoms. The highest BCUT2D eigenvalue weighted by Crippen LogP contribution is 2.39. The Hall–Kier alpha value is -3.69. The first-order valence-electron chi connectivity index (χ1n) is 11.0. The van der Waals surface area contributed by atoms with Crippen LogP contribution in [0.2, 0.25) is 0 Å². The summed E-state index contributed by atoms with van der Waals surface area (Å²) in [5.74, 6) is 2.31. The molecule has 4 aromatic rings. The highest BCUT2D eigenvalue weighted by Gasteiger charge is 2.28. The normalized spacial score (nSPS) is 18.4. The molecule has 0 aromatic carbocycles. The maximum absolute atomic E-state index is 13.1. The van der Waals surface area contributed by atoms with Gasteiger partial charge >= 0.3 is 0 Å². The van der Waals surface area contributed by atoms with Gasteiger partial charge in [-0.1, -0.05) is 0 Å². The molecule has 0 amide bonds. The van der Waals surface area contributed by atoms with Crippen LogP contribution in [0.3, 0.4) is 0 Å². The molecule has 1 aliphatic carbocycles. The molecule has 3 N–H and O–H groups in total. The summed E-state index contributed by atoms with van der Waals surface area (Å²) in [5, 5.41) is 19.0. The summed E-state index contributed by atoms with van der Waals surface area (Å²) in [7, 11) is 0. The van der Waals surface area contributed by atoms with Gasteiger partial charge in [-0.25, -0.2) is 9.50 Å². The Morgan fingerprint density at radius 1 is 1.19 bits per heavy atom. The zero-order valence-electron chi connectivity index (χ0n) is 17.5. The Morgan fingerprint density at radius 2 is 2.12 bits per heavy atom. The standard InChI is InChI=1S/C22H24FN9/c23-19-8-7-15(12-25-19)24-13-16-3-1-9-31(16)22-27-21(18-4-2-10-32(18)30-22)26-20-11-17(28-29-20)14-5-6-14/h2,4,7-8,10-12,14,16,24H,1,3,5-6,9,13H2,(H2,26,27,28,29,30)/t16-/m1/s1. The fraction of sp³-hybridized carbons (Fsp3) is 0.364. The van der Waals surface area contributed by atoms with Crippen LogP contribution >= 0.6 is 0 Å². The van der Waals surface area contributed by atoms with E-state index >= 15 is 0 Å². The number of halogens is 1. The number of rotatable bonds is 7. The largest absolute Gasteiger partial charge is 0.382 e. The van der Waals surface area contributed by atoms with Crippen molar-refractivity contribution in [3.8, 4) is 0 Å². The first kappa shape index (κ1) is 19.0. The Balaban J connectivity index is 1.24. The Morgan fingerprint density at radius 3 is 2.97 bits per heavy atom. The van der Waals surface area contributed by atoms with Gasteiger partial charge in [-0.2, -0.15) is 14.5 Å². The third-order valence-electron chi connectivity index (χ3n) is 6.14. The van der Waals surface area contributed by atoms with E-state index in [1.54, 1.807) is 6.07 Å². The number of pyridine rings is 1. The summed E-state index contributed by atoms with van der Waals surface area (Å²) >= 11 is 0. The molecule has 164 valence electrons. The van der Waals surface area contributed by atoms with Crippen LogP contribution in [-0.4, -0.2) is 48.9 Å². The third-order valence-corrected chi connectivity index (χ3v) is 6.14. The predicted molar refractivity (Wildman–Crippen MR) is 120 cm³/mol. The number of nitrogens with one attached hydrogen (secondary N) is 3. The summed E-state index contributed by atoms with van der Waals surface area (Å²) in [6.07, 6.45) is 7.98. The van der Waals surface area contributed by atoms with Crippen molar-refractivity contribution in [2.75, 3.05) is 28.6 Å². The first-order valence-corrected chi connectivity index (χ1v) is 11.0. The molecular formula is C22H24FN9. The molecule has 0 radical (unpaired) electrons. The lowest BCUT2D eigenvalue weighted by Crippen LogP contribution is -2.36. The fourth-order valence-electron chi connectivity index (χ4n) is 4.29. The van der Waals surface area contributed by atoms with Gasteiger partial charge in [0.1, 0.15) is 5.52 Å². The van der Waals surface area contributed by atoms with Gasteiger partial charge in [-0.3, -0.25) is 5.10 Å². The molecule has 9 nitrogen and oxygen atoms in total. The van der Waals surface area contributed by atoms with Gasteiger partial charge in [-0.05, 0) is 49.9 Å². The molecule has 1 saturated heterocycles. The maximum Gasteiger partial charge on any atom is 0.245 e. The van der Waals surface area contributed by atoms with Crippen LogP contribution in [0.5, 0.6) is 0 Å². The number of H-pyrrole nitrogens is 1. The summed E-state index contributed by atoms with van der Waals surface area (Å²) < 4.78 is 14.9. The molecule has 5 heterocycles. The van der Waals surface area contributed by atoms with Crippen molar-refractivity contribution in [1.29, 1.82) is 0 Å². The van der Waals surface area contributed by atoms with E-state index in [9.17, 15) is 4.39 Å². The van der Waals surface area contributed by atoms with E-state index in [0.29, 0.717) is 18.4 Å². The molecule has 2 aliphatic rings. The number of aromatic nitrogens is 6. The molecule has 1 aliphatic heterocycles. The average Bonchev–Trinajstić information content (AvgIpc) is 3.18. The molecule has 2 fully saturated rings. The monoisotopic (exact) mass is 433 g/mol. The van der Waals surface area contributed by atoms with E-state index in [2.05, 4.69) is 36.8 Å². The van der Waals surface area contributed by atoms with Gasteiger partial charge < -0.3 is 15.5 Å². The topological polar surface area (TPSA) is 99.1 Å². The molecule has 0 bridgehead atoms. The van der Waals surface area contributed by atoms with Gasteiger partial charge in [0.15, 0.2) is 11.6 Å². The van der Waals surface area contributed by atoms with Crippen LogP contribution < -0.4 is 15.5 Å². The number of nitrogens with zero attached hydrogens (tertiary/aromatic N) is 6. The lowest BCUT2D eigenvalue weighted by Gasteiger charge is -2.25. The minimum atomic E-state index is -0.479. The van der Waals surface area contributed by atoms with Gasteiger partial charge in [0, 0.05) is 43.0 Å². The first-order chi connectivity index (χ1) is 15.7. The fourth-order valence-corrected chi connectivity index (χ4v) is 4.29. The van der Waals surface area contributed by atoms with Crippen molar-refractivity contribution in [1.82, 2.24) is 29.8 Å². The second-order valence-corrected chi connectivity index (χ2v) is 8.45. The molecule has 0 unspecified atom stereocenters. The highest BCUT2D eigenvalue weighted by atomic mass is 19.1.